The van der Waals surface area contributed by atoms with E-state index in [1.54, 1.807) is 11.9 Å². The van der Waals surface area contributed by atoms with E-state index in [4.69, 9.17) is 0 Å². The van der Waals surface area contributed by atoms with Gasteiger partial charge in [-0.15, -0.1) is 0 Å². The molecule has 0 bridgehead atoms. The van der Waals surface area contributed by atoms with Crippen LogP contribution in [0.15, 0.2) is 65.9 Å². The van der Waals surface area contributed by atoms with Crippen molar-refractivity contribution in [1.29, 1.82) is 0 Å². The number of rotatable bonds is 6. The van der Waals surface area contributed by atoms with E-state index in [1.807, 2.05) is 18.2 Å². The molecule has 1 saturated heterocycles. The zero-order valence-corrected chi connectivity index (χ0v) is 23.4. The second-order valence-corrected chi connectivity index (χ2v) is 11.9. The van der Waals surface area contributed by atoms with Gasteiger partial charge in [0.1, 0.15) is 6.54 Å². The fraction of sp³-hybridized carbons (Fsp3) is 0.452. The van der Waals surface area contributed by atoms with E-state index in [9.17, 15) is 14.4 Å². The summed E-state index contributed by atoms with van der Waals surface area (Å²) >= 11 is 0. The van der Waals surface area contributed by atoms with Crippen LogP contribution in [0.1, 0.15) is 56.3 Å². The fourth-order valence-electron chi connectivity index (χ4n) is 5.70. The molecule has 0 saturated carbocycles. The highest BCUT2D eigenvalue weighted by molar-refractivity contribution is 6.02. The van der Waals surface area contributed by atoms with E-state index < -0.39 is 6.04 Å². The van der Waals surface area contributed by atoms with Crippen LogP contribution >= 0.6 is 0 Å². The maximum absolute atomic E-state index is 13.5. The van der Waals surface area contributed by atoms with Crippen LogP contribution in [0.2, 0.25) is 0 Å². The molecule has 8 nitrogen and oxygen atoms in total. The van der Waals surface area contributed by atoms with E-state index >= 15 is 0 Å². The monoisotopic (exact) mass is 529 g/mol. The standard InChI is InChI=1S/C31H39N5O3/c1-31(2,3)23-12-10-22(11-13-23)28-27-25(34(4)30(39)33-28)19-36(29(27)38)20-26(37)32-24-14-16-35(17-15-24)18-21-8-6-5-7-9-21/h5-13,24,28H,14-20H2,1-4H3,(H,32,37)(H,33,39)/t28-/m1/s1. The van der Waals surface area contributed by atoms with Crippen molar-refractivity contribution in [1.82, 2.24) is 25.3 Å². The van der Waals surface area contributed by atoms with E-state index in [-0.39, 0.29) is 42.4 Å². The second kappa shape index (κ2) is 10.8. The minimum atomic E-state index is -0.535. The first-order valence-electron chi connectivity index (χ1n) is 13.8. The number of benzene rings is 2. The number of nitrogens with one attached hydrogen (secondary N) is 2. The van der Waals surface area contributed by atoms with Gasteiger partial charge in [-0.05, 0) is 34.9 Å². The van der Waals surface area contributed by atoms with Gasteiger partial charge in [0.25, 0.3) is 5.91 Å². The van der Waals surface area contributed by atoms with Crippen molar-refractivity contribution in [3.05, 3.63) is 82.6 Å². The van der Waals surface area contributed by atoms with Gasteiger partial charge in [-0.1, -0.05) is 75.4 Å². The summed E-state index contributed by atoms with van der Waals surface area (Å²) in [6.07, 6.45) is 1.77. The van der Waals surface area contributed by atoms with Gasteiger partial charge in [0, 0.05) is 32.7 Å². The third-order valence-corrected chi connectivity index (χ3v) is 8.08. The number of likely N-dealkylation sites (tertiary alicyclic amines) is 1. The third-order valence-electron chi connectivity index (χ3n) is 8.08. The normalized spacial score (nSPS) is 20.8. The first-order chi connectivity index (χ1) is 18.6. The zero-order valence-electron chi connectivity index (χ0n) is 23.4. The Hall–Kier alpha value is -3.65. The number of urea groups is 1. The summed E-state index contributed by atoms with van der Waals surface area (Å²) in [7, 11) is 1.67. The molecule has 1 fully saturated rings. The average Bonchev–Trinajstić information content (AvgIpc) is 3.23. The van der Waals surface area contributed by atoms with Crippen LogP contribution in [0.5, 0.6) is 0 Å². The minimum absolute atomic E-state index is 0.00480. The van der Waals surface area contributed by atoms with Gasteiger partial charge in [-0.2, -0.15) is 0 Å². The molecule has 0 aromatic heterocycles. The van der Waals surface area contributed by atoms with Crippen molar-refractivity contribution >= 4 is 17.8 Å². The molecule has 1 atom stereocenters. The molecule has 8 heteroatoms. The molecule has 2 aromatic carbocycles. The van der Waals surface area contributed by atoms with Gasteiger partial charge in [0.15, 0.2) is 0 Å². The van der Waals surface area contributed by atoms with E-state index in [0.717, 1.165) is 38.0 Å². The molecule has 39 heavy (non-hydrogen) atoms. The summed E-state index contributed by atoms with van der Waals surface area (Å²) < 4.78 is 0. The van der Waals surface area contributed by atoms with Gasteiger partial charge < -0.3 is 15.5 Å². The number of hydrogen-bond donors (Lipinski definition) is 2. The predicted molar refractivity (Wildman–Crippen MR) is 151 cm³/mol. The van der Waals surface area contributed by atoms with Gasteiger partial charge >= 0.3 is 6.03 Å². The molecule has 3 heterocycles. The summed E-state index contributed by atoms with van der Waals surface area (Å²) in [4.78, 5) is 44.7. The van der Waals surface area contributed by atoms with Crippen LogP contribution in [0.4, 0.5) is 4.79 Å². The van der Waals surface area contributed by atoms with Crippen molar-refractivity contribution in [3.8, 4) is 0 Å². The Balaban J connectivity index is 1.19. The molecule has 206 valence electrons. The number of amides is 4. The highest BCUT2D eigenvalue weighted by Gasteiger charge is 2.43. The van der Waals surface area contributed by atoms with E-state index in [1.165, 1.54) is 16.0 Å². The molecule has 3 aliphatic rings. The maximum Gasteiger partial charge on any atom is 0.322 e. The summed E-state index contributed by atoms with van der Waals surface area (Å²) in [5, 5.41) is 6.12. The molecule has 5 rings (SSSR count). The van der Waals surface area contributed by atoms with Crippen molar-refractivity contribution < 1.29 is 14.4 Å². The highest BCUT2D eigenvalue weighted by atomic mass is 16.2. The first kappa shape index (κ1) is 26.9. The lowest BCUT2D eigenvalue weighted by molar-refractivity contribution is -0.132. The Kier molecular flexibility index (Phi) is 7.49. The van der Waals surface area contributed by atoms with Gasteiger partial charge in [-0.25, -0.2) is 4.79 Å². The molecule has 0 radical (unpaired) electrons. The lowest BCUT2D eigenvalue weighted by Crippen LogP contribution is -2.47. The summed E-state index contributed by atoms with van der Waals surface area (Å²) in [5.41, 5.74) is 4.55. The smallest absolute Gasteiger partial charge is 0.322 e. The minimum Gasteiger partial charge on any atom is -0.352 e. The fourth-order valence-corrected chi connectivity index (χ4v) is 5.70. The quantitative estimate of drug-likeness (QED) is 0.600. The number of hydrogen-bond acceptors (Lipinski definition) is 4. The topological polar surface area (TPSA) is 85.0 Å². The van der Waals surface area contributed by atoms with Gasteiger partial charge in [0.05, 0.1) is 23.9 Å². The van der Waals surface area contributed by atoms with E-state index in [0.29, 0.717) is 11.3 Å². The highest BCUT2D eigenvalue weighted by Crippen LogP contribution is 2.36. The molecule has 0 aliphatic carbocycles. The lowest BCUT2D eigenvalue weighted by Gasteiger charge is -2.32. The molecule has 2 N–H and O–H groups in total. The maximum atomic E-state index is 13.5. The van der Waals surface area contributed by atoms with Crippen LogP contribution in [-0.2, 0) is 21.5 Å². The summed E-state index contributed by atoms with van der Waals surface area (Å²) in [6, 6.07) is 17.8. The van der Waals surface area contributed by atoms with Gasteiger partial charge in [0.2, 0.25) is 5.91 Å². The molecule has 2 aromatic rings. The number of carbonyl (C=O) groups is 3. The average molecular weight is 530 g/mol. The van der Waals surface area contributed by atoms with Crippen molar-refractivity contribution in [2.24, 2.45) is 0 Å². The van der Waals surface area contributed by atoms with Crippen LogP contribution in [0.3, 0.4) is 0 Å². The summed E-state index contributed by atoms with van der Waals surface area (Å²) in [6.45, 7) is 9.44. The van der Waals surface area contributed by atoms with Crippen LogP contribution in [0, 0.1) is 0 Å². The van der Waals surface area contributed by atoms with Crippen molar-refractivity contribution in [3.63, 3.8) is 0 Å². The summed E-state index contributed by atoms with van der Waals surface area (Å²) in [5.74, 6) is -0.354. The zero-order chi connectivity index (χ0) is 27.7. The largest absolute Gasteiger partial charge is 0.352 e. The van der Waals surface area contributed by atoms with Gasteiger partial charge in [-0.3, -0.25) is 19.4 Å². The Bertz CT molecular complexity index is 1260. The predicted octanol–water partition coefficient (Wildman–Crippen LogP) is 3.56. The molecular formula is C31H39N5O3. The van der Waals surface area contributed by atoms with Crippen LogP contribution in [-0.4, -0.2) is 71.8 Å². The Morgan fingerprint density at radius 2 is 1.67 bits per heavy atom. The lowest BCUT2D eigenvalue weighted by atomic mass is 9.85. The SMILES string of the molecule is CN1C(=O)N[C@H](c2ccc(C(C)(C)C)cc2)C2=C1CN(CC(=O)NC1CCN(Cc3ccccc3)CC1)C2=O. The number of carbonyl (C=O) groups excluding carboxylic acids is 3. The van der Waals surface area contributed by atoms with Crippen LogP contribution in [0.25, 0.3) is 0 Å². The third kappa shape index (κ3) is 5.86. The molecule has 4 amide bonds. The molecule has 0 spiro atoms. The van der Waals surface area contributed by atoms with Crippen molar-refractivity contribution in [2.45, 2.75) is 57.7 Å². The number of nitrogens with zero attached hydrogens (tertiary/aromatic N) is 3. The molecule has 0 unspecified atom stereocenters. The molecule has 3 aliphatic heterocycles. The Labute approximate surface area is 231 Å². The Morgan fingerprint density at radius 1 is 1.00 bits per heavy atom. The number of piperidine rings is 1. The Morgan fingerprint density at radius 3 is 2.31 bits per heavy atom. The number of likely N-dealkylation sites (N-methyl/N-ethyl adjacent to an activating group) is 1. The molecular weight excluding hydrogens is 490 g/mol. The van der Waals surface area contributed by atoms with Crippen LogP contribution < -0.4 is 10.6 Å². The van der Waals surface area contributed by atoms with Crippen molar-refractivity contribution in [2.75, 3.05) is 33.2 Å². The van der Waals surface area contributed by atoms with E-state index in [2.05, 4.69) is 72.7 Å². The first-order valence-corrected chi connectivity index (χ1v) is 13.8. The second-order valence-electron chi connectivity index (χ2n) is 11.9.